The molecule has 0 unspecified atom stereocenters. The van der Waals surface area contributed by atoms with Gasteiger partial charge >= 0.3 is 0 Å². The Morgan fingerprint density at radius 2 is 2.18 bits per heavy atom. The van der Waals surface area contributed by atoms with Crippen LogP contribution in [-0.2, 0) is 13.0 Å². The molecule has 0 radical (unpaired) electrons. The Balaban J connectivity index is 2.13. The Morgan fingerprint density at radius 3 is 2.94 bits per heavy atom. The summed E-state index contributed by atoms with van der Waals surface area (Å²) in [5.41, 5.74) is 1.85. The lowest BCUT2D eigenvalue weighted by Crippen LogP contribution is -2.02. The number of para-hydroxylation sites is 1. The van der Waals surface area contributed by atoms with Gasteiger partial charge in [-0.2, -0.15) is 0 Å². The number of benzene rings is 1. The second-order valence-electron chi connectivity index (χ2n) is 3.69. The van der Waals surface area contributed by atoms with Crippen LogP contribution in [0.15, 0.2) is 30.5 Å². The molecule has 0 fully saturated rings. The lowest BCUT2D eigenvalue weighted by molar-refractivity contribution is 0.298. The fourth-order valence-corrected chi connectivity index (χ4v) is 1.65. The third kappa shape index (κ3) is 2.82. The topological polar surface area (TPSA) is 60.2 Å². The van der Waals surface area contributed by atoms with E-state index in [0.29, 0.717) is 13.0 Å². The van der Waals surface area contributed by atoms with Crippen LogP contribution in [0.25, 0.3) is 0 Å². The largest absolute Gasteiger partial charge is 0.496 e. The molecule has 0 amide bonds. The predicted octanol–water partition coefficient (Wildman–Crippen LogP) is 0.870. The second kappa shape index (κ2) is 5.45. The van der Waals surface area contributed by atoms with Crippen molar-refractivity contribution in [2.45, 2.75) is 13.0 Å². The van der Waals surface area contributed by atoms with Crippen molar-refractivity contribution in [2.75, 3.05) is 13.7 Å². The van der Waals surface area contributed by atoms with Crippen LogP contribution < -0.4 is 4.74 Å². The molecule has 0 aliphatic rings. The molecule has 2 rings (SSSR count). The van der Waals surface area contributed by atoms with Gasteiger partial charge in [-0.3, -0.25) is 0 Å². The lowest BCUT2D eigenvalue weighted by atomic mass is 10.2. The van der Waals surface area contributed by atoms with E-state index in [1.54, 1.807) is 11.8 Å². The number of hydrogen-bond acceptors (Lipinski definition) is 4. The molecule has 5 nitrogen and oxygen atoms in total. The summed E-state index contributed by atoms with van der Waals surface area (Å²) in [7, 11) is 1.65. The zero-order chi connectivity index (χ0) is 12.1. The molecular weight excluding hydrogens is 218 g/mol. The molecule has 2 aromatic rings. The van der Waals surface area contributed by atoms with Crippen molar-refractivity contribution in [3.63, 3.8) is 0 Å². The molecule has 0 bridgehead atoms. The van der Waals surface area contributed by atoms with Crippen LogP contribution >= 0.6 is 0 Å². The normalized spacial score (nSPS) is 10.5. The summed E-state index contributed by atoms with van der Waals surface area (Å²) in [5, 5.41) is 16.8. The van der Waals surface area contributed by atoms with Crippen LogP contribution in [0.4, 0.5) is 0 Å². The number of aliphatic hydroxyl groups excluding tert-OH is 1. The highest BCUT2D eigenvalue weighted by atomic mass is 16.5. The summed E-state index contributed by atoms with van der Waals surface area (Å²) in [6.45, 7) is 0.704. The average Bonchev–Trinajstić information content (AvgIpc) is 2.78. The van der Waals surface area contributed by atoms with E-state index < -0.39 is 0 Å². The molecule has 0 saturated heterocycles. The van der Waals surface area contributed by atoms with Crippen LogP contribution in [0.3, 0.4) is 0 Å². The molecule has 0 saturated carbocycles. The fourth-order valence-electron chi connectivity index (χ4n) is 1.65. The van der Waals surface area contributed by atoms with Gasteiger partial charge in [0.1, 0.15) is 5.75 Å². The van der Waals surface area contributed by atoms with Crippen LogP contribution in [0.1, 0.15) is 11.3 Å². The van der Waals surface area contributed by atoms with Gasteiger partial charge in [-0.25, -0.2) is 4.68 Å². The van der Waals surface area contributed by atoms with Gasteiger partial charge in [-0.15, -0.1) is 5.10 Å². The van der Waals surface area contributed by atoms with Crippen molar-refractivity contribution in [1.82, 2.24) is 15.0 Å². The maximum atomic E-state index is 8.80. The van der Waals surface area contributed by atoms with Crippen LogP contribution in [0, 0.1) is 0 Å². The third-order valence-corrected chi connectivity index (χ3v) is 2.48. The quantitative estimate of drug-likeness (QED) is 0.832. The first-order chi connectivity index (χ1) is 8.33. The van der Waals surface area contributed by atoms with Crippen molar-refractivity contribution >= 4 is 0 Å². The van der Waals surface area contributed by atoms with Gasteiger partial charge in [0.15, 0.2) is 0 Å². The lowest BCUT2D eigenvalue weighted by Gasteiger charge is -2.07. The average molecular weight is 233 g/mol. The summed E-state index contributed by atoms with van der Waals surface area (Å²) < 4.78 is 7.01. The molecule has 1 aromatic carbocycles. The van der Waals surface area contributed by atoms with Gasteiger partial charge < -0.3 is 9.84 Å². The highest BCUT2D eigenvalue weighted by Gasteiger charge is 2.05. The predicted molar refractivity (Wildman–Crippen MR) is 62.9 cm³/mol. The zero-order valence-corrected chi connectivity index (χ0v) is 9.71. The monoisotopic (exact) mass is 233 g/mol. The first-order valence-corrected chi connectivity index (χ1v) is 5.45. The van der Waals surface area contributed by atoms with Crippen molar-refractivity contribution in [3.8, 4) is 5.75 Å². The zero-order valence-electron chi connectivity index (χ0n) is 9.71. The Morgan fingerprint density at radius 1 is 1.35 bits per heavy atom. The molecule has 5 heteroatoms. The summed E-state index contributed by atoms with van der Waals surface area (Å²) in [5.74, 6) is 0.840. The second-order valence-corrected chi connectivity index (χ2v) is 3.69. The molecule has 1 heterocycles. The minimum atomic E-state index is 0.0906. The van der Waals surface area contributed by atoms with E-state index in [2.05, 4.69) is 10.3 Å². The van der Waals surface area contributed by atoms with E-state index in [-0.39, 0.29) is 6.61 Å². The molecule has 1 N–H and O–H groups in total. The molecule has 1 aromatic heterocycles. The van der Waals surface area contributed by atoms with E-state index in [4.69, 9.17) is 9.84 Å². The number of ether oxygens (including phenoxy) is 1. The number of rotatable bonds is 5. The number of hydrogen-bond donors (Lipinski definition) is 1. The Bertz CT molecular complexity index is 482. The van der Waals surface area contributed by atoms with E-state index in [9.17, 15) is 0 Å². The Hall–Kier alpha value is -1.88. The van der Waals surface area contributed by atoms with Crippen molar-refractivity contribution in [2.24, 2.45) is 0 Å². The van der Waals surface area contributed by atoms with Gasteiger partial charge in [0.25, 0.3) is 0 Å². The molecular formula is C12H15N3O2. The van der Waals surface area contributed by atoms with Crippen LogP contribution in [0.2, 0.25) is 0 Å². The molecule has 0 aliphatic heterocycles. The molecule has 0 spiro atoms. The molecule has 90 valence electrons. The van der Waals surface area contributed by atoms with Gasteiger partial charge in [-0.1, -0.05) is 23.4 Å². The van der Waals surface area contributed by atoms with Crippen LogP contribution in [0.5, 0.6) is 5.75 Å². The fraction of sp³-hybridized carbons (Fsp3) is 0.333. The summed E-state index contributed by atoms with van der Waals surface area (Å²) in [4.78, 5) is 0. The van der Waals surface area contributed by atoms with Crippen molar-refractivity contribution in [3.05, 3.63) is 41.7 Å². The smallest absolute Gasteiger partial charge is 0.123 e. The maximum Gasteiger partial charge on any atom is 0.123 e. The highest BCUT2D eigenvalue weighted by Crippen LogP contribution is 2.17. The third-order valence-electron chi connectivity index (χ3n) is 2.48. The minimum absolute atomic E-state index is 0.0906. The number of methoxy groups -OCH3 is 1. The van der Waals surface area contributed by atoms with Gasteiger partial charge in [-0.05, 0) is 6.07 Å². The Kier molecular flexibility index (Phi) is 3.72. The molecule has 17 heavy (non-hydrogen) atoms. The minimum Gasteiger partial charge on any atom is -0.496 e. The van der Waals surface area contributed by atoms with E-state index in [1.807, 2.05) is 30.5 Å². The molecule has 0 aliphatic carbocycles. The van der Waals surface area contributed by atoms with Crippen molar-refractivity contribution < 1.29 is 9.84 Å². The maximum absolute atomic E-state index is 8.80. The van der Waals surface area contributed by atoms with E-state index in [0.717, 1.165) is 17.0 Å². The van der Waals surface area contributed by atoms with Gasteiger partial charge in [0.2, 0.25) is 0 Å². The number of nitrogens with zero attached hydrogens (tertiary/aromatic N) is 3. The summed E-state index contributed by atoms with van der Waals surface area (Å²) in [6, 6.07) is 7.80. The van der Waals surface area contributed by atoms with Crippen molar-refractivity contribution in [1.29, 1.82) is 0 Å². The van der Waals surface area contributed by atoms with E-state index in [1.165, 1.54) is 0 Å². The number of aromatic nitrogens is 3. The highest BCUT2D eigenvalue weighted by molar-refractivity contribution is 5.33. The van der Waals surface area contributed by atoms with E-state index >= 15 is 0 Å². The SMILES string of the molecule is COc1ccccc1Cn1cc(CCO)nn1. The van der Waals surface area contributed by atoms with Gasteiger partial charge in [0.05, 0.1) is 19.3 Å². The van der Waals surface area contributed by atoms with Gasteiger partial charge in [0, 0.05) is 24.8 Å². The number of aliphatic hydroxyl groups is 1. The summed E-state index contributed by atoms with van der Waals surface area (Å²) >= 11 is 0. The first-order valence-electron chi connectivity index (χ1n) is 5.45. The Labute approximate surface area is 99.7 Å². The summed E-state index contributed by atoms with van der Waals surface area (Å²) in [6.07, 6.45) is 2.37. The first kappa shape index (κ1) is 11.6. The van der Waals surface area contributed by atoms with Crippen LogP contribution in [-0.4, -0.2) is 33.8 Å². The molecule has 0 atom stereocenters. The standard InChI is InChI=1S/C12H15N3O2/c1-17-12-5-3-2-4-10(12)8-15-9-11(6-7-16)13-14-15/h2-5,9,16H,6-8H2,1H3.